The third kappa shape index (κ3) is 4.57. The molecule has 0 atom stereocenters. The van der Waals surface area contributed by atoms with Crippen LogP contribution in [0.3, 0.4) is 0 Å². The highest BCUT2D eigenvalue weighted by Crippen LogP contribution is 2.21. The summed E-state index contributed by atoms with van der Waals surface area (Å²) < 4.78 is 20.2. The molecule has 1 heterocycles. The lowest BCUT2D eigenvalue weighted by Gasteiger charge is -2.07. The maximum absolute atomic E-state index is 13.3. The summed E-state index contributed by atoms with van der Waals surface area (Å²) in [7, 11) is 1.35. The van der Waals surface area contributed by atoms with Crippen LogP contribution in [0.15, 0.2) is 84.1 Å². The van der Waals surface area contributed by atoms with E-state index in [0.717, 1.165) is 28.1 Å². The lowest BCUT2D eigenvalue weighted by Crippen LogP contribution is -2.17. The minimum atomic E-state index is -0.496. The lowest BCUT2D eigenvalue weighted by molar-refractivity contribution is 0.0600. The first-order valence-corrected chi connectivity index (χ1v) is 9.89. The van der Waals surface area contributed by atoms with Gasteiger partial charge >= 0.3 is 5.97 Å². The Kier molecular flexibility index (Phi) is 6.07. The molecule has 0 aliphatic heterocycles. The van der Waals surface area contributed by atoms with Gasteiger partial charge in [-0.3, -0.25) is 4.79 Å². The second-order valence-corrected chi connectivity index (χ2v) is 7.13. The van der Waals surface area contributed by atoms with E-state index in [4.69, 9.17) is 4.74 Å². The highest BCUT2D eigenvalue weighted by Gasteiger charge is 2.10. The van der Waals surface area contributed by atoms with Crippen molar-refractivity contribution in [3.8, 4) is 0 Å². The summed E-state index contributed by atoms with van der Waals surface area (Å²) in [5.41, 5.74) is 5.84. The van der Waals surface area contributed by atoms with Crippen molar-refractivity contribution in [3.05, 3.63) is 107 Å². The van der Waals surface area contributed by atoms with Gasteiger partial charge in [0.25, 0.3) is 5.91 Å². The smallest absolute Gasteiger partial charge is 0.337 e. The van der Waals surface area contributed by atoms with Crippen molar-refractivity contribution in [1.29, 1.82) is 0 Å². The number of nitrogens with zero attached hydrogens (tertiary/aromatic N) is 2. The monoisotopic (exact) mass is 429 g/mol. The molecule has 0 radical (unpaired) electrons. The van der Waals surface area contributed by atoms with Gasteiger partial charge < -0.3 is 9.30 Å². The number of para-hydroxylation sites is 1. The van der Waals surface area contributed by atoms with E-state index in [1.165, 1.54) is 25.3 Å². The number of nitrogens with one attached hydrogen (secondary N) is 1. The lowest BCUT2D eigenvalue weighted by atomic mass is 10.1. The molecule has 32 heavy (non-hydrogen) atoms. The number of rotatable bonds is 6. The Labute approximate surface area is 183 Å². The highest BCUT2D eigenvalue weighted by molar-refractivity contribution is 6.00. The largest absolute Gasteiger partial charge is 0.465 e. The number of carbonyl (C=O) groups is 2. The van der Waals surface area contributed by atoms with E-state index in [9.17, 15) is 14.0 Å². The molecule has 0 bridgehead atoms. The van der Waals surface area contributed by atoms with Crippen LogP contribution < -0.4 is 5.43 Å². The number of fused-ring (bicyclic) bond motifs is 1. The van der Waals surface area contributed by atoms with Crippen LogP contribution in [0.2, 0.25) is 0 Å². The standard InChI is InChI=1S/C25H20FN3O3/c1-32-25(31)19-8-4-6-17(12-19)15-29-16-20(22-10-2-3-11-23(22)29)14-27-28-24(30)18-7-5-9-21(26)13-18/h2-14,16H,15H2,1H3,(H,28,30)/b27-14-. The predicted octanol–water partition coefficient (Wildman–Crippen LogP) is 4.38. The number of hydrazone groups is 1. The molecule has 0 aliphatic carbocycles. The van der Waals surface area contributed by atoms with Crippen molar-refractivity contribution in [1.82, 2.24) is 9.99 Å². The number of aromatic nitrogens is 1. The van der Waals surface area contributed by atoms with Crippen LogP contribution in [0.25, 0.3) is 10.9 Å². The van der Waals surface area contributed by atoms with E-state index in [-0.39, 0.29) is 11.5 Å². The highest BCUT2D eigenvalue weighted by atomic mass is 19.1. The number of halogens is 1. The maximum Gasteiger partial charge on any atom is 0.337 e. The van der Waals surface area contributed by atoms with E-state index in [2.05, 4.69) is 10.5 Å². The maximum atomic E-state index is 13.3. The Balaban J connectivity index is 1.57. The average molecular weight is 429 g/mol. The normalized spacial score (nSPS) is 11.1. The number of benzene rings is 3. The summed E-state index contributed by atoms with van der Waals surface area (Å²) in [6.07, 6.45) is 3.48. The van der Waals surface area contributed by atoms with Crippen LogP contribution in [0.5, 0.6) is 0 Å². The van der Waals surface area contributed by atoms with E-state index >= 15 is 0 Å². The second-order valence-electron chi connectivity index (χ2n) is 7.13. The van der Waals surface area contributed by atoms with Crippen molar-refractivity contribution < 1.29 is 18.7 Å². The van der Waals surface area contributed by atoms with Crippen LogP contribution in [-0.2, 0) is 11.3 Å². The Hall–Kier alpha value is -4.26. The Morgan fingerprint density at radius 1 is 1.03 bits per heavy atom. The van der Waals surface area contributed by atoms with Gasteiger partial charge in [0.05, 0.1) is 18.9 Å². The summed E-state index contributed by atoms with van der Waals surface area (Å²) in [5, 5.41) is 5.00. The van der Waals surface area contributed by atoms with Gasteiger partial charge in [-0.2, -0.15) is 5.10 Å². The predicted molar refractivity (Wildman–Crippen MR) is 120 cm³/mol. The molecule has 3 aromatic carbocycles. The van der Waals surface area contributed by atoms with Gasteiger partial charge in [0.1, 0.15) is 5.82 Å². The Morgan fingerprint density at radius 3 is 2.62 bits per heavy atom. The quantitative estimate of drug-likeness (QED) is 0.281. The van der Waals surface area contributed by atoms with E-state index < -0.39 is 11.7 Å². The van der Waals surface area contributed by atoms with E-state index in [1.807, 2.05) is 47.2 Å². The fourth-order valence-corrected chi connectivity index (χ4v) is 3.47. The molecular weight excluding hydrogens is 409 g/mol. The zero-order valence-electron chi connectivity index (χ0n) is 17.3. The fourth-order valence-electron chi connectivity index (χ4n) is 3.47. The van der Waals surface area contributed by atoms with Gasteiger partial charge in [0, 0.05) is 34.8 Å². The molecule has 4 rings (SSSR count). The van der Waals surface area contributed by atoms with Gasteiger partial charge in [0.15, 0.2) is 0 Å². The molecule has 1 N–H and O–H groups in total. The van der Waals surface area contributed by atoms with Crippen molar-refractivity contribution in [2.75, 3.05) is 7.11 Å². The molecule has 1 aromatic heterocycles. The number of carbonyl (C=O) groups excluding carboxylic acids is 2. The first kappa shape index (κ1) is 21.0. The zero-order chi connectivity index (χ0) is 22.5. The first-order chi connectivity index (χ1) is 15.5. The second kappa shape index (κ2) is 9.26. The first-order valence-electron chi connectivity index (χ1n) is 9.89. The summed E-state index contributed by atoms with van der Waals surface area (Å²) in [6.45, 7) is 0.537. The van der Waals surface area contributed by atoms with Gasteiger partial charge in [0.2, 0.25) is 0 Å². The number of methoxy groups -OCH3 is 1. The molecule has 0 fully saturated rings. The third-order valence-electron chi connectivity index (χ3n) is 4.98. The van der Waals surface area contributed by atoms with Gasteiger partial charge in [-0.15, -0.1) is 0 Å². The van der Waals surface area contributed by atoms with Crippen molar-refractivity contribution in [2.24, 2.45) is 5.10 Å². The Morgan fingerprint density at radius 2 is 1.81 bits per heavy atom. The van der Waals surface area contributed by atoms with E-state index in [1.54, 1.807) is 18.3 Å². The number of ether oxygens (including phenoxy) is 1. The molecule has 6 nitrogen and oxygen atoms in total. The SMILES string of the molecule is COC(=O)c1cccc(Cn2cc(/C=N\NC(=O)c3cccc(F)c3)c3ccccc32)c1. The van der Waals surface area contributed by atoms with Gasteiger partial charge in [-0.1, -0.05) is 36.4 Å². The topological polar surface area (TPSA) is 72.7 Å². The van der Waals surface area contributed by atoms with Crippen molar-refractivity contribution in [2.45, 2.75) is 6.54 Å². The van der Waals surface area contributed by atoms with Crippen LogP contribution in [0, 0.1) is 5.82 Å². The summed E-state index contributed by atoms with van der Waals surface area (Å²) >= 11 is 0. The number of esters is 1. The van der Waals surface area contributed by atoms with Crippen LogP contribution in [-0.4, -0.2) is 29.8 Å². The molecule has 0 aliphatic rings. The molecule has 7 heteroatoms. The molecule has 0 spiro atoms. The molecule has 0 unspecified atom stereocenters. The number of hydrogen-bond donors (Lipinski definition) is 1. The van der Waals surface area contributed by atoms with Crippen LogP contribution in [0.1, 0.15) is 31.8 Å². The minimum absolute atomic E-state index is 0.190. The summed E-state index contributed by atoms with van der Waals surface area (Å²) in [4.78, 5) is 24.0. The summed E-state index contributed by atoms with van der Waals surface area (Å²) in [5.74, 6) is -1.36. The fraction of sp³-hybridized carbons (Fsp3) is 0.0800. The van der Waals surface area contributed by atoms with Gasteiger partial charge in [-0.25, -0.2) is 14.6 Å². The summed E-state index contributed by atoms with van der Waals surface area (Å²) in [6, 6.07) is 20.5. The average Bonchev–Trinajstić information content (AvgIpc) is 3.16. The zero-order valence-corrected chi connectivity index (χ0v) is 17.3. The van der Waals surface area contributed by atoms with Crippen molar-refractivity contribution >= 4 is 29.0 Å². The Bertz CT molecular complexity index is 1330. The van der Waals surface area contributed by atoms with Crippen LogP contribution in [0.4, 0.5) is 4.39 Å². The molecule has 160 valence electrons. The number of hydrogen-bond acceptors (Lipinski definition) is 4. The molecule has 1 amide bonds. The third-order valence-corrected chi connectivity index (χ3v) is 4.98. The van der Waals surface area contributed by atoms with E-state index in [0.29, 0.717) is 12.1 Å². The molecule has 4 aromatic rings. The number of amides is 1. The molecule has 0 saturated carbocycles. The van der Waals surface area contributed by atoms with Gasteiger partial charge in [-0.05, 0) is 42.0 Å². The van der Waals surface area contributed by atoms with Crippen LogP contribution >= 0.6 is 0 Å². The minimum Gasteiger partial charge on any atom is -0.465 e. The van der Waals surface area contributed by atoms with Crippen molar-refractivity contribution in [3.63, 3.8) is 0 Å². The molecule has 0 saturated heterocycles. The molecular formula is C25H20FN3O3.